The van der Waals surface area contributed by atoms with E-state index in [2.05, 4.69) is 266 Å². The number of thiophene rings is 1. The third-order valence-electron chi connectivity index (χ3n) is 12.9. The van der Waals surface area contributed by atoms with Gasteiger partial charge in [0.25, 0.3) is 0 Å². The van der Waals surface area contributed by atoms with E-state index in [9.17, 15) is 0 Å². The molecule has 66 heavy (non-hydrogen) atoms. The first-order valence-corrected chi connectivity index (χ1v) is 23.4. The summed E-state index contributed by atoms with van der Waals surface area (Å²) in [6, 6.07) is 95.0. The average Bonchev–Trinajstić information content (AvgIpc) is 3.79. The topological polar surface area (TPSA) is 3.24 Å². The largest absolute Gasteiger partial charge is 0.310 e. The van der Waals surface area contributed by atoms with E-state index in [1.807, 2.05) is 11.3 Å². The Hall–Kier alpha value is -8.30. The lowest BCUT2D eigenvalue weighted by Crippen LogP contribution is -2.10. The second kappa shape index (κ2) is 17.0. The third kappa shape index (κ3) is 7.24. The highest BCUT2D eigenvalue weighted by molar-refractivity contribution is 7.26. The number of benzene rings is 11. The molecule has 0 atom stereocenters. The van der Waals surface area contributed by atoms with Crippen LogP contribution in [0.5, 0.6) is 0 Å². The van der Waals surface area contributed by atoms with Crippen LogP contribution in [0.2, 0.25) is 0 Å². The molecule has 310 valence electrons. The Morgan fingerprint density at radius 3 is 1.30 bits per heavy atom. The molecule has 1 aromatic heterocycles. The van der Waals surface area contributed by atoms with Gasteiger partial charge in [0, 0.05) is 37.2 Å². The summed E-state index contributed by atoms with van der Waals surface area (Å²) < 4.78 is 2.64. The lowest BCUT2D eigenvalue weighted by atomic mass is 9.89. The quantitative estimate of drug-likeness (QED) is 0.140. The van der Waals surface area contributed by atoms with Crippen molar-refractivity contribution in [2.45, 2.75) is 0 Å². The van der Waals surface area contributed by atoms with Crippen LogP contribution >= 0.6 is 11.3 Å². The minimum atomic E-state index is 1.09. The van der Waals surface area contributed by atoms with Gasteiger partial charge in [0.15, 0.2) is 0 Å². The molecule has 0 N–H and O–H groups in total. The maximum atomic E-state index is 2.38. The first-order valence-electron chi connectivity index (χ1n) is 22.6. The zero-order chi connectivity index (χ0) is 43.8. The van der Waals surface area contributed by atoms with Gasteiger partial charge in [-0.2, -0.15) is 0 Å². The highest BCUT2D eigenvalue weighted by atomic mass is 32.1. The van der Waals surface area contributed by atoms with Crippen LogP contribution in [0.25, 0.3) is 97.7 Å². The summed E-state index contributed by atoms with van der Waals surface area (Å²) in [6.45, 7) is 0. The summed E-state index contributed by atoms with van der Waals surface area (Å²) >= 11 is 1.90. The van der Waals surface area contributed by atoms with Crippen LogP contribution in [0, 0.1) is 0 Å². The smallest absolute Gasteiger partial charge is 0.0467 e. The van der Waals surface area contributed by atoms with E-state index in [0.717, 1.165) is 17.1 Å². The molecule has 0 spiro atoms. The first kappa shape index (κ1) is 39.3. The van der Waals surface area contributed by atoms with Gasteiger partial charge in [-0.05, 0) is 120 Å². The third-order valence-corrected chi connectivity index (χ3v) is 14.2. The van der Waals surface area contributed by atoms with Gasteiger partial charge in [0.05, 0.1) is 0 Å². The highest BCUT2D eigenvalue weighted by Crippen LogP contribution is 2.45. The Morgan fingerprint density at radius 2 is 0.652 bits per heavy atom. The molecule has 0 aliphatic carbocycles. The van der Waals surface area contributed by atoms with Gasteiger partial charge >= 0.3 is 0 Å². The summed E-state index contributed by atoms with van der Waals surface area (Å²) in [5, 5.41) is 5.09. The molecule has 0 saturated carbocycles. The second-order valence-corrected chi connectivity index (χ2v) is 17.9. The van der Waals surface area contributed by atoms with Crippen LogP contribution in [0.3, 0.4) is 0 Å². The van der Waals surface area contributed by atoms with Crippen molar-refractivity contribution >= 4 is 59.3 Å². The Balaban J connectivity index is 0.946. The number of hydrogen-bond acceptors (Lipinski definition) is 2. The molecular formula is C64H43NS. The van der Waals surface area contributed by atoms with E-state index in [4.69, 9.17) is 0 Å². The second-order valence-electron chi connectivity index (χ2n) is 16.8. The summed E-state index contributed by atoms with van der Waals surface area (Å²) in [7, 11) is 0. The van der Waals surface area contributed by atoms with Crippen molar-refractivity contribution in [2.75, 3.05) is 4.90 Å². The SMILES string of the molecule is c1ccc(-c2cccc(N(c3ccc(-c4ccc(-c5ccccc5)c(-c5cccc6ccccc56)c4)cc3)c3ccc(-c4cccc5c4sc4c(-c6ccccc6)cccc45)cc3)c2)cc1. The number of nitrogens with zero attached hydrogens (tertiary/aromatic N) is 1. The highest BCUT2D eigenvalue weighted by Gasteiger charge is 2.18. The molecule has 0 amide bonds. The summed E-state index contributed by atoms with van der Waals surface area (Å²) in [4.78, 5) is 2.38. The van der Waals surface area contributed by atoms with E-state index in [1.54, 1.807) is 0 Å². The van der Waals surface area contributed by atoms with Crippen LogP contribution in [0.15, 0.2) is 261 Å². The van der Waals surface area contributed by atoms with Gasteiger partial charge in [0.2, 0.25) is 0 Å². The maximum Gasteiger partial charge on any atom is 0.0467 e. The minimum absolute atomic E-state index is 1.09. The molecule has 0 fully saturated rings. The number of fused-ring (bicyclic) bond motifs is 4. The lowest BCUT2D eigenvalue weighted by Gasteiger charge is -2.26. The zero-order valence-corrected chi connectivity index (χ0v) is 37.0. The standard InChI is InChI=1S/C64H43NS/c1-4-16-44(17-5-1)50-24-12-25-54(42-50)65(53-39-34-49(35-40-53)58-28-15-31-61-60-30-14-27-57(63(60)66-64(58)61)48-20-8-3-9-21-48)52-37-32-45(33-38-52)51-36-41-56(46-18-6-2-7-19-46)62(43-51)59-29-13-23-47-22-10-11-26-55(47)59/h1-43H. The average molecular weight is 858 g/mol. The van der Waals surface area contributed by atoms with Crippen molar-refractivity contribution in [2.24, 2.45) is 0 Å². The van der Waals surface area contributed by atoms with E-state index < -0.39 is 0 Å². The Labute approximate surface area is 389 Å². The lowest BCUT2D eigenvalue weighted by molar-refractivity contribution is 1.28. The Morgan fingerprint density at radius 1 is 0.227 bits per heavy atom. The summed E-state index contributed by atoms with van der Waals surface area (Å²) in [5.41, 5.74) is 17.9. The van der Waals surface area contributed by atoms with Gasteiger partial charge in [-0.1, -0.05) is 218 Å². The van der Waals surface area contributed by atoms with Gasteiger partial charge in [-0.25, -0.2) is 0 Å². The van der Waals surface area contributed by atoms with Crippen molar-refractivity contribution in [3.8, 4) is 66.8 Å². The monoisotopic (exact) mass is 857 g/mol. The summed E-state index contributed by atoms with van der Waals surface area (Å²) in [5.74, 6) is 0. The van der Waals surface area contributed by atoms with Gasteiger partial charge < -0.3 is 4.90 Å². The molecule has 11 aromatic carbocycles. The van der Waals surface area contributed by atoms with Crippen LogP contribution in [0.4, 0.5) is 17.1 Å². The van der Waals surface area contributed by atoms with Crippen LogP contribution in [-0.2, 0) is 0 Å². The normalized spacial score (nSPS) is 11.3. The molecule has 12 aromatic rings. The van der Waals surface area contributed by atoms with E-state index in [0.29, 0.717) is 0 Å². The first-order chi connectivity index (χ1) is 32.7. The van der Waals surface area contributed by atoms with Crippen molar-refractivity contribution in [1.29, 1.82) is 0 Å². The fourth-order valence-electron chi connectivity index (χ4n) is 9.66. The van der Waals surface area contributed by atoms with Crippen LogP contribution < -0.4 is 4.90 Å². The molecule has 0 bridgehead atoms. The Bertz CT molecular complexity index is 3660. The molecule has 0 saturated heterocycles. The van der Waals surface area contributed by atoms with E-state index >= 15 is 0 Å². The van der Waals surface area contributed by atoms with E-state index in [-0.39, 0.29) is 0 Å². The maximum absolute atomic E-state index is 2.38. The number of hydrogen-bond donors (Lipinski definition) is 0. The molecule has 12 rings (SSSR count). The molecular weight excluding hydrogens is 815 g/mol. The molecule has 0 unspecified atom stereocenters. The fraction of sp³-hybridized carbons (Fsp3) is 0. The Kier molecular flexibility index (Phi) is 10.1. The van der Waals surface area contributed by atoms with Crippen molar-refractivity contribution in [3.05, 3.63) is 261 Å². The van der Waals surface area contributed by atoms with Gasteiger partial charge in [-0.3, -0.25) is 0 Å². The van der Waals surface area contributed by atoms with Crippen molar-refractivity contribution in [3.63, 3.8) is 0 Å². The molecule has 0 aliphatic rings. The van der Waals surface area contributed by atoms with Gasteiger partial charge in [-0.15, -0.1) is 11.3 Å². The zero-order valence-electron chi connectivity index (χ0n) is 36.2. The molecule has 2 heteroatoms. The van der Waals surface area contributed by atoms with Crippen LogP contribution in [0.1, 0.15) is 0 Å². The number of anilines is 3. The molecule has 1 heterocycles. The summed E-state index contributed by atoms with van der Waals surface area (Å²) in [6.07, 6.45) is 0. The van der Waals surface area contributed by atoms with Crippen LogP contribution in [-0.4, -0.2) is 0 Å². The fourth-order valence-corrected chi connectivity index (χ4v) is 11.0. The minimum Gasteiger partial charge on any atom is -0.310 e. The molecule has 0 aliphatic heterocycles. The molecule has 0 radical (unpaired) electrons. The molecule has 1 nitrogen and oxygen atoms in total. The van der Waals surface area contributed by atoms with E-state index in [1.165, 1.54) is 97.7 Å². The van der Waals surface area contributed by atoms with Gasteiger partial charge in [0.1, 0.15) is 0 Å². The number of rotatable bonds is 9. The van der Waals surface area contributed by atoms with Crippen molar-refractivity contribution in [1.82, 2.24) is 0 Å². The van der Waals surface area contributed by atoms with Crippen molar-refractivity contribution < 1.29 is 0 Å². The predicted molar refractivity (Wildman–Crippen MR) is 284 cm³/mol. The predicted octanol–water partition coefficient (Wildman–Crippen LogP) is 18.7.